The number of aliphatic imine (C=N–C) groups is 1. The molecule has 1 atom stereocenters. The van der Waals surface area contributed by atoms with Gasteiger partial charge in [0, 0.05) is 11.4 Å². The van der Waals surface area contributed by atoms with Crippen molar-refractivity contribution in [2.45, 2.75) is 12.5 Å². The zero-order valence-corrected chi connectivity index (χ0v) is 16.8. The summed E-state index contributed by atoms with van der Waals surface area (Å²) in [5.74, 6) is 0.513. The number of guanidine groups is 1. The summed E-state index contributed by atoms with van der Waals surface area (Å²) in [7, 11) is 4.14. The van der Waals surface area contributed by atoms with E-state index in [-0.39, 0.29) is 30.0 Å². The van der Waals surface area contributed by atoms with Gasteiger partial charge in [-0.25, -0.2) is 0 Å². The van der Waals surface area contributed by atoms with Crippen molar-refractivity contribution in [1.82, 2.24) is 10.2 Å². The first-order valence-electron chi connectivity index (χ1n) is 7.44. The minimum absolute atomic E-state index is 0. The Hall–Kier alpha value is -1.12. The van der Waals surface area contributed by atoms with Gasteiger partial charge < -0.3 is 16.0 Å². The van der Waals surface area contributed by atoms with Crippen LogP contribution in [0.1, 0.15) is 16.5 Å². The molecular weight excluding hydrogens is 419 g/mol. The first-order valence-corrected chi connectivity index (χ1v) is 8.32. The lowest BCUT2D eigenvalue weighted by Crippen LogP contribution is -2.34. The second kappa shape index (κ2) is 10.6. The van der Waals surface area contributed by atoms with Gasteiger partial charge in [0.2, 0.25) is 0 Å². The monoisotopic (exact) mass is 444 g/mol. The lowest BCUT2D eigenvalue weighted by molar-refractivity contribution is 0.310. The molecule has 3 N–H and O–H groups in total. The average Bonchev–Trinajstić information content (AvgIpc) is 3.02. The van der Waals surface area contributed by atoms with Gasteiger partial charge in [0.25, 0.3) is 0 Å². The van der Waals surface area contributed by atoms with Gasteiger partial charge in [-0.3, -0.25) is 4.99 Å². The van der Waals surface area contributed by atoms with Crippen LogP contribution >= 0.6 is 35.3 Å². The molecule has 0 amide bonds. The fraction of sp³-hybridized carbons (Fsp3) is 0.353. The lowest BCUT2D eigenvalue weighted by Gasteiger charge is -2.21. The molecule has 0 saturated carbocycles. The number of rotatable bonds is 7. The molecule has 0 aliphatic heterocycles. The molecule has 1 unspecified atom stereocenters. The topological polar surface area (TPSA) is 53.6 Å². The van der Waals surface area contributed by atoms with Crippen LogP contribution in [0.3, 0.4) is 0 Å². The summed E-state index contributed by atoms with van der Waals surface area (Å²) < 4.78 is 0. The Bertz CT molecular complexity index is 570. The van der Waals surface area contributed by atoms with Gasteiger partial charge in [-0.15, -0.1) is 35.3 Å². The third-order valence-corrected chi connectivity index (χ3v) is 4.47. The maximum absolute atomic E-state index is 5.96. The number of thiophene rings is 1. The maximum atomic E-state index is 5.96. The van der Waals surface area contributed by atoms with Gasteiger partial charge in [-0.05, 0) is 37.5 Å². The van der Waals surface area contributed by atoms with E-state index in [1.165, 1.54) is 10.4 Å². The van der Waals surface area contributed by atoms with Crippen molar-refractivity contribution in [1.29, 1.82) is 0 Å². The molecule has 2 aromatic rings. The van der Waals surface area contributed by atoms with Crippen molar-refractivity contribution in [3.8, 4) is 0 Å². The number of likely N-dealkylation sites (N-methyl/N-ethyl adjacent to an activating group) is 1. The van der Waals surface area contributed by atoms with Crippen LogP contribution in [0.15, 0.2) is 52.8 Å². The Balaban J connectivity index is 0.00000264. The highest BCUT2D eigenvalue weighted by Crippen LogP contribution is 2.23. The van der Waals surface area contributed by atoms with E-state index in [2.05, 4.69) is 71.1 Å². The third-order valence-electron chi connectivity index (χ3n) is 3.49. The molecule has 0 saturated heterocycles. The summed E-state index contributed by atoms with van der Waals surface area (Å²) in [5.41, 5.74) is 7.26. The van der Waals surface area contributed by atoms with Crippen LogP contribution in [0.25, 0.3) is 0 Å². The van der Waals surface area contributed by atoms with E-state index >= 15 is 0 Å². The number of benzene rings is 1. The van der Waals surface area contributed by atoms with Crippen LogP contribution in [0.4, 0.5) is 0 Å². The molecular formula is C17H25IN4S. The van der Waals surface area contributed by atoms with E-state index in [1.807, 2.05) is 6.07 Å². The normalized spacial score (nSPS) is 12.7. The molecule has 0 bridgehead atoms. The third kappa shape index (κ3) is 6.88. The second-order valence-corrected chi connectivity index (χ2v) is 6.36. The summed E-state index contributed by atoms with van der Waals surface area (Å²) in [6.07, 6.45) is 0.944. The first kappa shape index (κ1) is 19.9. The summed E-state index contributed by atoms with van der Waals surface area (Å²) in [5, 5.41) is 5.28. The maximum Gasteiger partial charge on any atom is 0.188 e. The molecule has 6 heteroatoms. The van der Waals surface area contributed by atoms with Crippen molar-refractivity contribution in [2.24, 2.45) is 10.7 Å². The summed E-state index contributed by atoms with van der Waals surface area (Å²) in [4.78, 5) is 7.97. The Kier molecular flexibility index (Phi) is 9.20. The lowest BCUT2D eigenvalue weighted by atomic mass is 10.1. The average molecular weight is 444 g/mol. The van der Waals surface area contributed by atoms with Crippen LogP contribution in [0, 0.1) is 0 Å². The number of hydrogen-bond acceptors (Lipinski definition) is 3. The van der Waals surface area contributed by atoms with Crippen LogP contribution in [-0.4, -0.2) is 38.0 Å². The zero-order valence-electron chi connectivity index (χ0n) is 13.6. The Morgan fingerprint density at radius 3 is 2.57 bits per heavy atom. The second-order valence-electron chi connectivity index (χ2n) is 5.38. The molecule has 1 aromatic carbocycles. The number of nitrogens with two attached hydrogens (primary N) is 1. The number of hydrogen-bond donors (Lipinski definition) is 2. The van der Waals surface area contributed by atoms with E-state index in [9.17, 15) is 0 Å². The molecule has 1 aromatic heterocycles. The molecule has 4 nitrogen and oxygen atoms in total. The van der Waals surface area contributed by atoms with Gasteiger partial charge in [0.15, 0.2) is 5.96 Å². The van der Waals surface area contributed by atoms with Crippen molar-refractivity contribution >= 4 is 41.3 Å². The van der Waals surface area contributed by atoms with Crippen molar-refractivity contribution < 1.29 is 0 Å². The van der Waals surface area contributed by atoms with E-state index in [0.717, 1.165) is 13.0 Å². The first-order chi connectivity index (χ1) is 10.7. The number of nitrogens with one attached hydrogen (secondary N) is 1. The Morgan fingerprint density at radius 1 is 1.22 bits per heavy atom. The van der Waals surface area contributed by atoms with Crippen LogP contribution in [0.2, 0.25) is 0 Å². The van der Waals surface area contributed by atoms with Crippen molar-refractivity contribution in [3.63, 3.8) is 0 Å². The standard InChI is InChI=1S/C17H24N4S.HI/c1-21(2)15(16-9-6-12-22-16)13-20-17(18)19-11-10-14-7-4-3-5-8-14;/h3-9,12,15H,10-11,13H2,1-2H3,(H3,18,19,20);1H. The van der Waals surface area contributed by atoms with Gasteiger partial charge in [-0.1, -0.05) is 36.4 Å². The van der Waals surface area contributed by atoms with Gasteiger partial charge in [-0.2, -0.15) is 0 Å². The van der Waals surface area contributed by atoms with Crippen LogP contribution < -0.4 is 11.1 Å². The summed E-state index contributed by atoms with van der Waals surface area (Å²) >= 11 is 1.75. The van der Waals surface area contributed by atoms with E-state index in [1.54, 1.807) is 11.3 Å². The van der Waals surface area contributed by atoms with Crippen molar-refractivity contribution in [2.75, 3.05) is 27.2 Å². The highest BCUT2D eigenvalue weighted by molar-refractivity contribution is 14.0. The number of halogens is 1. The highest BCUT2D eigenvalue weighted by atomic mass is 127. The van der Waals surface area contributed by atoms with Gasteiger partial charge in [0.05, 0.1) is 12.6 Å². The fourth-order valence-corrected chi connectivity index (χ4v) is 3.12. The van der Waals surface area contributed by atoms with E-state index in [4.69, 9.17) is 5.73 Å². The Morgan fingerprint density at radius 2 is 1.96 bits per heavy atom. The molecule has 126 valence electrons. The quantitative estimate of drug-likeness (QED) is 0.392. The molecule has 0 fully saturated rings. The van der Waals surface area contributed by atoms with Crippen LogP contribution in [0.5, 0.6) is 0 Å². The largest absolute Gasteiger partial charge is 0.370 e. The zero-order chi connectivity index (χ0) is 15.8. The van der Waals surface area contributed by atoms with E-state index < -0.39 is 0 Å². The molecule has 0 aliphatic rings. The molecule has 0 aliphatic carbocycles. The molecule has 0 spiro atoms. The summed E-state index contributed by atoms with van der Waals surface area (Å²) in [6.45, 7) is 1.46. The van der Waals surface area contributed by atoms with Crippen molar-refractivity contribution in [3.05, 3.63) is 58.3 Å². The SMILES string of the molecule is CN(C)C(CN=C(N)NCCc1ccccc1)c1cccs1.I. The molecule has 23 heavy (non-hydrogen) atoms. The predicted octanol–water partition coefficient (Wildman–Crippen LogP) is 3.12. The summed E-state index contributed by atoms with van der Waals surface area (Å²) in [6, 6.07) is 14.9. The Labute approximate surface area is 159 Å². The predicted molar refractivity (Wildman–Crippen MR) is 111 cm³/mol. The fourth-order valence-electron chi connectivity index (χ4n) is 2.21. The molecule has 0 radical (unpaired) electrons. The van der Waals surface area contributed by atoms with Gasteiger partial charge in [0.1, 0.15) is 0 Å². The molecule has 2 rings (SSSR count). The van der Waals surface area contributed by atoms with E-state index in [0.29, 0.717) is 12.5 Å². The van der Waals surface area contributed by atoms with Crippen LogP contribution in [-0.2, 0) is 6.42 Å². The molecule has 1 heterocycles. The number of nitrogens with zero attached hydrogens (tertiary/aromatic N) is 2. The highest BCUT2D eigenvalue weighted by Gasteiger charge is 2.14. The van der Waals surface area contributed by atoms with Gasteiger partial charge >= 0.3 is 0 Å². The smallest absolute Gasteiger partial charge is 0.188 e. The minimum atomic E-state index is 0. The minimum Gasteiger partial charge on any atom is -0.370 e.